The molecule has 0 aliphatic carbocycles. The van der Waals surface area contributed by atoms with Gasteiger partial charge in [0.1, 0.15) is 11.1 Å². The summed E-state index contributed by atoms with van der Waals surface area (Å²) < 4.78 is 43.9. The van der Waals surface area contributed by atoms with E-state index in [-0.39, 0.29) is 22.4 Å². The van der Waals surface area contributed by atoms with Crippen molar-refractivity contribution < 1.29 is 17.7 Å². The fourth-order valence-electron chi connectivity index (χ4n) is 1.70. The molecule has 2 rings (SSSR count). The molecule has 0 fully saturated rings. The number of hydrogen-bond acceptors (Lipinski definition) is 6. The zero-order valence-electron chi connectivity index (χ0n) is 11.7. The molecule has 0 spiro atoms. The van der Waals surface area contributed by atoms with Crippen LogP contribution in [0, 0.1) is 18.3 Å². The highest BCUT2D eigenvalue weighted by Gasteiger charge is 2.35. The van der Waals surface area contributed by atoms with Crippen molar-refractivity contribution >= 4 is 11.8 Å². The van der Waals surface area contributed by atoms with Gasteiger partial charge in [-0.25, -0.2) is 4.98 Å². The number of hydrogen-bond donors (Lipinski definition) is 0. The number of pyridine rings is 1. The van der Waals surface area contributed by atoms with Gasteiger partial charge in [-0.3, -0.25) is 0 Å². The number of alkyl halides is 3. The Bertz CT molecular complexity index is 721. The molecule has 0 saturated carbocycles. The molecule has 0 N–H and O–H groups in total. The topological polar surface area (TPSA) is 75.6 Å². The Balaban J connectivity index is 2.30. The van der Waals surface area contributed by atoms with Crippen molar-refractivity contribution in [2.45, 2.75) is 37.2 Å². The van der Waals surface area contributed by atoms with Crippen LogP contribution in [-0.4, -0.2) is 15.1 Å². The lowest BCUT2D eigenvalue weighted by atomic mass is 10.1. The minimum Gasteiger partial charge on any atom is -0.338 e. The van der Waals surface area contributed by atoms with Crippen molar-refractivity contribution in [1.82, 2.24) is 15.1 Å². The highest BCUT2D eigenvalue weighted by Crippen LogP contribution is 2.36. The summed E-state index contributed by atoms with van der Waals surface area (Å²) in [4.78, 5) is 8.07. The van der Waals surface area contributed by atoms with Crippen LogP contribution >= 0.6 is 11.8 Å². The van der Waals surface area contributed by atoms with Crippen LogP contribution in [0.15, 0.2) is 15.6 Å². The van der Waals surface area contributed by atoms with Gasteiger partial charge in [0.25, 0.3) is 0 Å². The van der Waals surface area contributed by atoms with Gasteiger partial charge in [0, 0.05) is 12.1 Å². The van der Waals surface area contributed by atoms with Gasteiger partial charge >= 0.3 is 6.18 Å². The molecule has 0 aromatic carbocycles. The van der Waals surface area contributed by atoms with E-state index in [1.165, 1.54) is 6.92 Å². The number of halogens is 3. The molecular weight excluding hydrogens is 317 g/mol. The Kier molecular flexibility index (Phi) is 4.71. The molecule has 0 saturated heterocycles. The van der Waals surface area contributed by atoms with Gasteiger partial charge in [0.05, 0.1) is 16.9 Å². The Morgan fingerprint density at radius 2 is 2.09 bits per heavy atom. The molecule has 9 heteroatoms. The fraction of sp³-hybridized carbons (Fsp3) is 0.385. The molecule has 116 valence electrons. The molecule has 2 heterocycles. The van der Waals surface area contributed by atoms with Gasteiger partial charge in [-0.2, -0.15) is 23.4 Å². The molecule has 2 aromatic rings. The number of rotatable bonds is 4. The summed E-state index contributed by atoms with van der Waals surface area (Å²) in [6.45, 7) is 3.30. The van der Waals surface area contributed by atoms with Crippen LogP contribution in [0.2, 0.25) is 0 Å². The molecule has 0 amide bonds. The second-order valence-electron chi connectivity index (χ2n) is 4.35. The summed E-state index contributed by atoms with van der Waals surface area (Å²) in [6.07, 6.45) is -4.01. The van der Waals surface area contributed by atoms with Crippen LogP contribution in [0.4, 0.5) is 13.2 Å². The normalized spacial score (nSPS) is 11.5. The van der Waals surface area contributed by atoms with Crippen LogP contribution < -0.4 is 0 Å². The molecule has 0 aliphatic rings. The molecule has 22 heavy (non-hydrogen) atoms. The zero-order valence-corrected chi connectivity index (χ0v) is 12.5. The SMILES string of the molecule is CCc1noc(CSc2nc(C)cc(C(F)(F)F)c2C#N)n1. The van der Waals surface area contributed by atoms with E-state index in [0.717, 1.165) is 17.8 Å². The minimum atomic E-state index is -4.60. The summed E-state index contributed by atoms with van der Waals surface area (Å²) in [6, 6.07) is 2.45. The third-order valence-corrected chi connectivity index (χ3v) is 3.65. The van der Waals surface area contributed by atoms with Gasteiger partial charge in [0.2, 0.25) is 5.89 Å². The Morgan fingerprint density at radius 3 is 2.64 bits per heavy atom. The minimum absolute atomic E-state index is 0.00562. The van der Waals surface area contributed by atoms with E-state index in [9.17, 15) is 13.2 Å². The lowest BCUT2D eigenvalue weighted by Crippen LogP contribution is -2.10. The summed E-state index contributed by atoms with van der Waals surface area (Å²) in [5.74, 6) is 0.946. The Labute approximate surface area is 128 Å². The van der Waals surface area contributed by atoms with Crippen molar-refractivity contribution in [1.29, 1.82) is 5.26 Å². The molecule has 0 atom stereocenters. The summed E-state index contributed by atoms with van der Waals surface area (Å²) in [5, 5.41) is 12.7. The standard InChI is InChI=1S/C13H11F3N4OS/c1-3-10-19-11(21-20-10)6-22-12-8(5-17)9(13(14,15)16)4-7(2)18-12/h4H,3,6H2,1-2H3. The predicted molar refractivity (Wildman–Crippen MR) is 71.9 cm³/mol. The second kappa shape index (κ2) is 6.36. The lowest BCUT2D eigenvalue weighted by Gasteiger charge is -2.12. The summed E-state index contributed by atoms with van der Waals surface area (Å²) >= 11 is 0.963. The number of nitriles is 1. The number of aromatic nitrogens is 3. The van der Waals surface area contributed by atoms with Gasteiger partial charge in [-0.1, -0.05) is 23.8 Å². The molecule has 5 nitrogen and oxygen atoms in total. The van der Waals surface area contributed by atoms with Crippen LogP contribution in [0.5, 0.6) is 0 Å². The number of nitrogens with zero attached hydrogens (tertiary/aromatic N) is 4. The van der Waals surface area contributed by atoms with Crippen LogP contribution in [0.25, 0.3) is 0 Å². The van der Waals surface area contributed by atoms with Crippen molar-refractivity contribution in [3.05, 3.63) is 34.6 Å². The maximum atomic E-state index is 13.0. The largest absolute Gasteiger partial charge is 0.417 e. The molecule has 2 aromatic heterocycles. The smallest absolute Gasteiger partial charge is 0.338 e. The van der Waals surface area contributed by atoms with Crippen LogP contribution in [0.1, 0.15) is 35.5 Å². The first kappa shape index (κ1) is 16.3. The van der Waals surface area contributed by atoms with E-state index < -0.39 is 17.3 Å². The Morgan fingerprint density at radius 1 is 1.36 bits per heavy atom. The summed E-state index contributed by atoms with van der Waals surface area (Å²) in [7, 11) is 0. The van der Waals surface area contributed by atoms with Gasteiger partial charge in [-0.15, -0.1) is 0 Å². The second-order valence-corrected chi connectivity index (χ2v) is 5.31. The first-order chi connectivity index (χ1) is 10.3. The van der Waals surface area contributed by atoms with Crippen molar-refractivity contribution in [3.8, 4) is 6.07 Å². The fourth-order valence-corrected chi connectivity index (χ4v) is 2.59. The third-order valence-electron chi connectivity index (χ3n) is 2.69. The average Bonchev–Trinajstić information content (AvgIpc) is 2.91. The molecule has 0 aliphatic heterocycles. The van der Waals surface area contributed by atoms with E-state index >= 15 is 0 Å². The molecule has 0 radical (unpaired) electrons. The average molecular weight is 328 g/mol. The predicted octanol–water partition coefficient (Wildman–Crippen LogP) is 3.52. The quantitative estimate of drug-likeness (QED) is 0.799. The van der Waals surface area contributed by atoms with Crippen molar-refractivity contribution in [2.24, 2.45) is 0 Å². The maximum absolute atomic E-state index is 13.0. The number of thioether (sulfide) groups is 1. The van der Waals surface area contributed by atoms with Gasteiger partial charge in [-0.05, 0) is 13.0 Å². The van der Waals surface area contributed by atoms with Crippen molar-refractivity contribution in [3.63, 3.8) is 0 Å². The molecular formula is C13H11F3N4OS. The maximum Gasteiger partial charge on any atom is 0.417 e. The van der Waals surface area contributed by atoms with Crippen LogP contribution in [0.3, 0.4) is 0 Å². The van der Waals surface area contributed by atoms with E-state index in [1.807, 2.05) is 6.92 Å². The van der Waals surface area contributed by atoms with E-state index in [4.69, 9.17) is 9.78 Å². The van der Waals surface area contributed by atoms with E-state index in [0.29, 0.717) is 12.2 Å². The lowest BCUT2D eigenvalue weighted by molar-refractivity contribution is -0.138. The van der Waals surface area contributed by atoms with Crippen LogP contribution in [-0.2, 0) is 18.3 Å². The highest BCUT2D eigenvalue weighted by atomic mass is 32.2. The first-order valence-electron chi connectivity index (χ1n) is 6.28. The Hall–Kier alpha value is -2.08. The monoisotopic (exact) mass is 328 g/mol. The molecule has 0 unspecified atom stereocenters. The van der Waals surface area contributed by atoms with Gasteiger partial charge in [0.15, 0.2) is 5.82 Å². The zero-order chi connectivity index (χ0) is 16.3. The first-order valence-corrected chi connectivity index (χ1v) is 7.27. The third kappa shape index (κ3) is 3.57. The van der Waals surface area contributed by atoms with Gasteiger partial charge < -0.3 is 4.52 Å². The van der Waals surface area contributed by atoms with E-state index in [1.54, 1.807) is 6.07 Å². The summed E-state index contributed by atoms with van der Waals surface area (Å²) in [5.41, 5.74) is -1.28. The molecule has 0 bridgehead atoms. The van der Waals surface area contributed by atoms with Crippen molar-refractivity contribution in [2.75, 3.05) is 0 Å². The number of aryl methyl sites for hydroxylation is 2. The highest BCUT2D eigenvalue weighted by molar-refractivity contribution is 7.98. The van der Waals surface area contributed by atoms with E-state index in [2.05, 4.69) is 15.1 Å².